The third kappa shape index (κ3) is 5.34. The Morgan fingerprint density at radius 3 is 2.55 bits per heavy atom. The van der Waals surface area contributed by atoms with Crippen LogP contribution in [0.4, 0.5) is 0 Å². The molecule has 0 spiro atoms. The molecule has 2 aromatic rings. The second-order valence-electron chi connectivity index (χ2n) is 8.60. The van der Waals surface area contributed by atoms with Crippen molar-refractivity contribution in [3.63, 3.8) is 0 Å². The molecule has 2 aliphatic rings. The number of hydrogen-bond acceptors (Lipinski definition) is 2. The number of carbonyl (C=O) groups excluding carboxylic acids is 2. The van der Waals surface area contributed by atoms with Crippen molar-refractivity contribution in [2.75, 3.05) is 46.3 Å². The van der Waals surface area contributed by atoms with E-state index in [-0.39, 0.29) is 11.8 Å². The van der Waals surface area contributed by atoms with E-state index in [1.54, 1.807) is 0 Å². The van der Waals surface area contributed by atoms with Gasteiger partial charge in [-0.2, -0.15) is 0 Å². The van der Waals surface area contributed by atoms with Gasteiger partial charge in [-0.05, 0) is 23.6 Å². The van der Waals surface area contributed by atoms with Crippen molar-refractivity contribution < 1.29 is 19.4 Å². The lowest BCUT2D eigenvalue weighted by molar-refractivity contribution is -0.917. The molecule has 2 fully saturated rings. The predicted octanol–water partition coefficient (Wildman–Crippen LogP) is -1.14. The molecular weight excluding hydrogens is 364 g/mol. The van der Waals surface area contributed by atoms with Crippen LogP contribution in [0.3, 0.4) is 0 Å². The van der Waals surface area contributed by atoms with Crippen molar-refractivity contribution in [1.82, 2.24) is 10.2 Å². The molecule has 0 bridgehead atoms. The van der Waals surface area contributed by atoms with E-state index in [1.807, 2.05) is 11.9 Å². The van der Waals surface area contributed by atoms with E-state index < -0.39 is 0 Å². The van der Waals surface area contributed by atoms with E-state index in [0.717, 1.165) is 50.5 Å². The molecule has 2 amide bonds. The van der Waals surface area contributed by atoms with Gasteiger partial charge in [-0.3, -0.25) is 9.59 Å². The van der Waals surface area contributed by atoms with E-state index in [1.165, 1.54) is 21.2 Å². The Hall–Kier alpha value is -2.44. The molecule has 1 heterocycles. The normalized spacial score (nSPS) is 18.6. The maximum atomic E-state index is 12.6. The maximum absolute atomic E-state index is 12.6. The van der Waals surface area contributed by atoms with E-state index in [9.17, 15) is 9.59 Å². The first kappa shape index (κ1) is 19.9. The number of hydrogen-bond donors (Lipinski definition) is 3. The second kappa shape index (κ2) is 8.93. The number of rotatable bonds is 7. The van der Waals surface area contributed by atoms with Gasteiger partial charge >= 0.3 is 0 Å². The van der Waals surface area contributed by atoms with Crippen LogP contribution in [-0.2, 0) is 16.1 Å². The van der Waals surface area contributed by atoms with Gasteiger partial charge in [0.25, 0.3) is 11.8 Å². The lowest BCUT2D eigenvalue weighted by atomic mass is 10.0. The molecule has 154 valence electrons. The molecular formula is C23H32N4O2+2. The van der Waals surface area contributed by atoms with Gasteiger partial charge in [0, 0.05) is 11.6 Å². The fourth-order valence-corrected chi connectivity index (χ4v) is 4.18. The van der Waals surface area contributed by atoms with Crippen LogP contribution in [0.5, 0.6) is 0 Å². The molecule has 6 nitrogen and oxygen atoms in total. The molecule has 0 aromatic heterocycles. The summed E-state index contributed by atoms with van der Waals surface area (Å²) in [5, 5.41) is 5.61. The highest BCUT2D eigenvalue weighted by Crippen LogP contribution is 2.18. The first-order chi connectivity index (χ1) is 14.1. The Balaban J connectivity index is 1.24. The quantitative estimate of drug-likeness (QED) is 0.554. The highest BCUT2D eigenvalue weighted by Gasteiger charge is 2.28. The van der Waals surface area contributed by atoms with E-state index in [4.69, 9.17) is 0 Å². The number of nitrogens with one attached hydrogen (secondary N) is 3. The molecule has 2 aromatic carbocycles. The summed E-state index contributed by atoms with van der Waals surface area (Å²) in [5.41, 5.74) is 1.38. The molecule has 6 heteroatoms. The highest BCUT2D eigenvalue weighted by atomic mass is 16.2. The smallest absolute Gasteiger partial charge is 0.278 e. The van der Waals surface area contributed by atoms with Crippen LogP contribution in [0.15, 0.2) is 42.5 Å². The standard InChI is InChI=1S/C23H30N4O2/c1-25(16-22(28)24-20-9-10-20)17-23(29)27-13-11-26(12-14-27)15-19-7-4-6-18-5-2-3-8-21(18)19/h2-8,20H,9-17H2,1H3,(H,24,28)/p+2. The molecule has 1 saturated carbocycles. The summed E-state index contributed by atoms with van der Waals surface area (Å²) in [6, 6.07) is 15.4. The fourth-order valence-electron chi connectivity index (χ4n) is 4.18. The van der Waals surface area contributed by atoms with Crippen LogP contribution in [-0.4, -0.2) is 69.1 Å². The number of carbonyl (C=O) groups is 2. The Labute approximate surface area is 172 Å². The minimum Gasteiger partial charge on any atom is -0.348 e. The first-order valence-electron chi connectivity index (χ1n) is 10.8. The first-order valence-corrected chi connectivity index (χ1v) is 10.8. The van der Waals surface area contributed by atoms with Gasteiger partial charge < -0.3 is 20.0 Å². The number of piperazine rings is 1. The van der Waals surface area contributed by atoms with E-state index >= 15 is 0 Å². The third-order valence-corrected chi connectivity index (χ3v) is 6.00. The molecule has 1 unspecified atom stereocenters. The lowest BCUT2D eigenvalue weighted by Crippen LogP contribution is -3.14. The molecule has 1 aliphatic heterocycles. The molecule has 29 heavy (non-hydrogen) atoms. The SMILES string of the molecule is C[NH+](CC(=O)NC1CC1)CC(=O)N1CC[NH+](Cc2cccc3ccccc23)CC1. The number of quaternary nitrogens is 2. The summed E-state index contributed by atoms with van der Waals surface area (Å²) in [5.74, 6) is 0.216. The Kier molecular flexibility index (Phi) is 6.11. The van der Waals surface area contributed by atoms with Crippen LogP contribution >= 0.6 is 0 Å². The molecule has 1 aliphatic carbocycles. The third-order valence-electron chi connectivity index (χ3n) is 6.00. The van der Waals surface area contributed by atoms with E-state index in [0.29, 0.717) is 19.1 Å². The van der Waals surface area contributed by atoms with Gasteiger partial charge in [0.15, 0.2) is 13.1 Å². The zero-order valence-corrected chi connectivity index (χ0v) is 17.2. The van der Waals surface area contributed by atoms with Crippen LogP contribution in [0.2, 0.25) is 0 Å². The molecule has 1 saturated heterocycles. The van der Waals surface area contributed by atoms with Crippen molar-refractivity contribution in [2.24, 2.45) is 0 Å². The Morgan fingerprint density at radius 1 is 1.07 bits per heavy atom. The number of likely N-dealkylation sites (N-methyl/N-ethyl adjacent to an activating group) is 1. The lowest BCUT2D eigenvalue weighted by Gasteiger charge is -2.32. The summed E-state index contributed by atoms with van der Waals surface area (Å²) in [7, 11) is 1.92. The van der Waals surface area contributed by atoms with Crippen LogP contribution in [0.25, 0.3) is 10.8 Å². The number of benzene rings is 2. The second-order valence-corrected chi connectivity index (χ2v) is 8.60. The monoisotopic (exact) mass is 396 g/mol. The molecule has 3 N–H and O–H groups in total. The van der Waals surface area contributed by atoms with Gasteiger partial charge in [0.1, 0.15) is 6.54 Å². The average Bonchev–Trinajstić information content (AvgIpc) is 3.52. The Bertz CT molecular complexity index is 867. The minimum absolute atomic E-state index is 0.0575. The maximum Gasteiger partial charge on any atom is 0.278 e. The van der Waals surface area contributed by atoms with Gasteiger partial charge in [-0.25, -0.2) is 0 Å². The zero-order valence-electron chi connectivity index (χ0n) is 17.2. The highest BCUT2D eigenvalue weighted by molar-refractivity contribution is 5.85. The minimum atomic E-state index is 0.0575. The average molecular weight is 397 g/mol. The van der Waals surface area contributed by atoms with Crippen molar-refractivity contribution in [3.05, 3.63) is 48.0 Å². The summed E-state index contributed by atoms with van der Waals surface area (Å²) in [4.78, 5) is 29.0. The van der Waals surface area contributed by atoms with Crippen LogP contribution < -0.4 is 15.1 Å². The van der Waals surface area contributed by atoms with Crippen LogP contribution in [0.1, 0.15) is 18.4 Å². The van der Waals surface area contributed by atoms with Crippen molar-refractivity contribution >= 4 is 22.6 Å². The van der Waals surface area contributed by atoms with Crippen molar-refractivity contribution in [2.45, 2.75) is 25.4 Å². The number of amides is 2. The van der Waals surface area contributed by atoms with Gasteiger partial charge in [-0.15, -0.1) is 0 Å². The molecule has 0 radical (unpaired) electrons. The number of fused-ring (bicyclic) bond motifs is 1. The summed E-state index contributed by atoms with van der Waals surface area (Å²) in [6.45, 7) is 5.27. The van der Waals surface area contributed by atoms with Crippen molar-refractivity contribution in [3.8, 4) is 0 Å². The van der Waals surface area contributed by atoms with Crippen molar-refractivity contribution in [1.29, 1.82) is 0 Å². The Morgan fingerprint density at radius 2 is 1.79 bits per heavy atom. The summed E-state index contributed by atoms with van der Waals surface area (Å²) in [6.07, 6.45) is 2.18. The van der Waals surface area contributed by atoms with E-state index in [2.05, 4.69) is 47.8 Å². The molecule has 1 atom stereocenters. The summed E-state index contributed by atoms with van der Waals surface area (Å²) >= 11 is 0. The van der Waals surface area contributed by atoms with Crippen LogP contribution in [0, 0.1) is 0 Å². The number of nitrogens with zero attached hydrogens (tertiary/aromatic N) is 1. The fraction of sp³-hybridized carbons (Fsp3) is 0.478. The van der Waals surface area contributed by atoms with Gasteiger partial charge in [0.2, 0.25) is 0 Å². The topological polar surface area (TPSA) is 58.3 Å². The van der Waals surface area contributed by atoms with Gasteiger partial charge in [0.05, 0.1) is 33.2 Å². The van der Waals surface area contributed by atoms with Gasteiger partial charge in [-0.1, -0.05) is 42.5 Å². The molecule has 4 rings (SSSR count). The zero-order chi connectivity index (χ0) is 20.2. The predicted molar refractivity (Wildman–Crippen MR) is 113 cm³/mol. The summed E-state index contributed by atoms with van der Waals surface area (Å²) < 4.78 is 0. The largest absolute Gasteiger partial charge is 0.348 e.